The number of esters is 2. The fraction of sp³-hybridized carbons (Fsp3) is 0.846. The highest BCUT2D eigenvalue weighted by atomic mass is 35.9. The first kappa shape index (κ1) is 33.7. The lowest BCUT2D eigenvalue weighted by Gasteiger charge is -2.23. The van der Waals surface area contributed by atoms with Crippen molar-refractivity contribution in [3.05, 3.63) is 0 Å². The summed E-state index contributed by atoms with van der Waals surface area (Å²) in [5, 5.41) is 5.26. The first-order valence-corrected chi connectivity index (χ1v) is 16.7. The Balaban J connectivity index is -0.000000555. The molecule has 0 aliphatic carbocycles. The molecule has 176 valence electrons. The van der Waals surface area contributed by atoms with Gasteiger partial charge in [-0.3, -0.25) is 34.3 Å². The predicted molar refractivity (Wildman–Crippen MR) is 119 cm³/mol. The van der Waals surface area contributed by atoms with Gasteiger partial charge in [0.25, 0.3) is 0 Å². The molecule has 0 radical (unpaired) electrons. The second kappa shape index (κ2) is 15.8. The van der Waals surface area contributed by atoms with Crippen molar-refractivity contribution in [3.8, 4) is 0 Å². The van der Waals surface area contributed by atoms with Gasteiger partial charge in [0.15, 0.2) is 0 Å². The number of hydrogen-bond acceptors (Lipinski definition) is 7. The minimum atomic E-state index is -3.06. The minimum absolute atomic E-state index is 0.255. The van der Waals surface area contributed by atoms with Crippen molar-refractivity contribution in [2.45, 2.75) is 39.8 Å². The van der Waals surface area contributed by atoms with Crippen LogP contribution in [-0.2, 0) is 32.8 Å². The van der Waals surface area contributed by atoms with E-state index in [1.807, 2.05) is 0 Å². The number of hydrogen-bond donors (Lipinski definition) is 4. The highest BCUT2D eigenvalue weighted by Crippen LogP contribution is 2.52. The first-order chi connectivity index (χ1) is 12.7. The third-order valence-electron chi connectivity index (χ3n) is 2.16. The molecule has 2 atom stereocenters. The van der Waals surface area contributed by atoms with Crippen molar-refractivity contribution in [1.82, 2.24) is 10.2 Å². The zero-order valence-electron chi connectivity index (χ0n) is 17.7. The summed E-state index contributed by atoms with van der Waals surface area (Å²) >= 11 is 9.70. The Morgan fingerprint density at radius 2 is 1.07 bits per heavy atom. The van der Waals surface area contributed by atoms with Crippen LogP contribution < -0.4 is 21.2 Å². The molecule has 2 unspecified atom stereocenters. The Morgan fingerprint density at radius 1 is 0.862 bits per heavy atom. The van der Waals surface area contributed by atoms with Crippen molar-refractivity contribution in [2.75, 3.05) is 33.2 Å². The monoisotopic (exact) mass is 520 g/mol. The number of carbonyl (C=O) groups excluding carboxylic acids is 2. The van der Waals surface area contributed by atoms with Gasteiger partial charge in [-0.2, -0.15) is 0 Å². The van der Waals surface area contributed by atoms with Crippen LogP contribution in [0.2, 0.25) is 0 Å². The molecule has 16 heteroatoms. The SMILES string of the molecule is CCOC(=O)C(C)NP(C)(=O)NC(C)C(=O)OCC.CP(=O)(Cl)Cl.CP(N)(N)=O. The fourth-order valence-corrected chi connectivity index (χ4v) is 3.18. The number of nitrogens with one attached hydrogen (secondary N) is 2. The molecule has 0 aliphatic heterocycles. The molecule has 0 aliphatic rings. The van der Waals surface area contributed by atoms with Crippen LogP contribution in [0, 0.1) is 0 Å². The molecule has 0 heterocycles. The second-order valence-corrected chi connectivity index (χ2v) is 16.2. The zero-order chi connectivity index (χ0) is 24.1. The maximum Gasteiger partial charge on any atom is 0.323 e. The van der Waals surface area contributed by atoms with Gasteiger partial charge in [-0.05, 0) is 50.2 Å². The molecule has 0 rings (SSSR count). The Labute approximate surface area is 182 Å². The van der Waals surface area contributed by atoms with Crippen LogP contribution in [0.4, 0.5) is 0 Å². The molecule has 0 aromatic carbocycles. The largest absolute Gasteiger partial charge is 0.465 e. The number of carbonyl (C=O) groups is 2. The van der Waals surface area contributed by atoms with Gasteiger partial charge in [-0.25, -0.2) is 10.2 Å². The van der Waals surface area contributed by atoms with E-state index in [-0.39, 0.29) is 13.2 Å². The molecular weight excluding hydrogens is 488 g/mol. The summed E-state index contributed by atoms with van der Waals surface area (Å²) in [5.41, 5.74) is 9.38. The van der Waals surface area contributed by atoms with E-state index in [4.69, 9.17) is 32.0 Å². The van der Waals surface area contributed by atoms with E-state index in [1.54, 1.807) is 27.7 Å². The summed E-state index contributed by atoms with van der Waals surface area (Å²) < 4.78 is 41.3. The van der Waals surface area contributed by atoms with Crippen molar-refractivity contribution in [1.29, 1.82) is 0 Å². The summed E-state index contributed by atoms with van der Waals surface area (Å²) in [5.74, 6) is -3.68. The average Bonchev–Trinajstić information content (AvgIpc) is 2.43. The lowest BCUT2D eigenvalue weighted by Crippen LogP contribution is -2.41. The molecule has 11 nitrogen and oxygen atoms in total. The Morgan fingerprint density at radius 3 is 1.24 bits per heavy atom. The summed E-state index contributed by atoms with van der Waals surface area (Å²) in [7, 11) is -5.70. The van der Waals surface area contributed by atoms with Crippen molar-refractivity contribution in [2.24, 2.45) is 11.0 Å². The maximum atomic E-state index is 12.2. The summed E-state index contributed by atoms with van der Waals surface area (Å²) in [6.07, 6.45) is 0. The Kier molecular flexibility index (Phi) is 18.3. The lowest BCUT2D eigenvalue weighted by atomic mass is 10.4. The van der Waals surface area contributed by atoms with Gasteiger partial charge in [0.2, 0.25) is 20.7 Å². The standard InChI is InChI=1S/C11H23N2O5P.CH3Cl2OP.CH7N2OP/c1-6-17-10(14)8(3)12-19(5,16)13-9(4)11(15)18-7-2;2*1-5(2,3)4/h8-9H,6-7H2,1-5H3,(H2,12,13,16);1H3;1H3,(H4,2,3,4). The maximum absolute atomic E-state index is 12.2. The summed E-state index contributed by atoms with van der Waals surface area (Å²) in [6, 6.07) is -1.45. The van der Waals surface area contributed by atoms with Gasteiger partial charge in [0.1, 0.15) is 12.1 Å². The van der Waals surface area contributed by atoms with E-state index in [2.05, 4.69) is 21.2 Å². The fourth-order valence-electron chi connectivity index (χ4n) is 1.42. The molecule has 0 fully saturated rings. The van der Waals surface area contributed by atoms with Crippen LogP contribution in [0.15, 0.2) is 0 Å². The molecule has 0 spiro atoms. The molecule has 0 aromatic heterocycles. The summed E-state index contributed by atoms with van der Waals surface area (Å²) in [4.78, 5) is 22.8. The third-order valence-corrected chi connectivity index (χ3v) is 3.92. The van der Waals surface area contributed by atoms with E-state index in [0.29, 0.717) is 0 Å². The van der Waals surface area contributed by atoms with Gasteiger partial charge in [-0.1, -0.05) is 0 Å². The van der Waals surface area contributed by atoms with Crippen molar-refractivity contribution >= 4 is 55.2 Å². The zero-order valence-corrected chi connectivity index (χ0v) is 21.9. The van der Waals surface area contributed by atoms with Gasteiger partial charge < -0.3 is 9.47 Å². The average molecular weight is 521 g/mol. The van der Waals surface area contributed by atoms with Crippen LogP contribution in [-0.4, -0.2) is 57.2 Å². The van der Waals surface area contributed by atoms with Gasteiger partial charge in [0.05, 0.1) is 13.2 Å². The van der Waals surface area contributed by atoms with Crippen LogP contribution in [0.5, 0.6) is 0 Å². The van der Waals surface area contributed by atoms with Crippen LogP contribution in [0.3, 0.4) is 0 Å². The van der Waals surface area contributed by atoms with Gasteiger partial charge >= 0.3 is 11.9 Å². The predicted octanol–water partition coefficient (Wildman–Crippen LogP) is 2.91. The molecule has 29 heavy (non-hydrogen) atoms. The van der Waals surface area contributed by atoms with Gasteiger partial charge in [-0.15, -0.1) is 0 Å². The van der Waals surface area contributed by atoms with Crippen LogP contribution in [0.25, 0.3) is 0 Å². The second-order valence-electron chi connectivity index (χ2n) is 5.91. The van der Waals surface area contributed by atoms with Crippen molar-refractivity contribution < 1.29 is 32.8 Å². The van der Waals surface area contributed by atoms with Crippen molar-refractivity contribution in [3.63, 3.8) is 0 Å². The molecule has 0 saturated heterocycles. The molecule has 0 amide bonds. The van der Waals surface area contributed by atoms with E-state index in [9.17, 15) is 23.3 Å². The molecule has 0 aromatic rings. The molecule has 0 saturated carbocycles. The normalized spacial score (nSPS) is 15.3. The smallest absolute Gasteiger partial charge is 0.323 e. The van der Waals surface area contributed by atoms with Crippen LogP contribution in [0.1, 0.15) is 27.7 Å². The number of halogens is 2. The Bertz CT molecular complexity index is 575. The van der Waals surface area contributed by atoms with E-state index in [0.717, 1.165) is 0 Å². The minimum Gasteiger partial charge on any atom is -0.465 e. The highest BCUT2D eigenvalue weighted by Gasteiger charge is 2.27. The number of ether oxygens (including phenoxy) is 2. The summed E-state index contributed by atoms with van der Waals surface area (Å²) in [6.45, 7) is 11.0. The number of rotatable bonds is 8. The molecule has 0 bridgehead atoms. The van der Waals surface area contributed by atoms with Gasteiger partial charge in [0, 0.05) is 20.0 Å². The van der Waals surface area contributed by atoms with E-state index < -0.39 is 44.8 Å². The van der Waals surface area contributed by atoms with Crippen LogP contribution >= 0.6 is 43.2 Å². The van der Waals surface area contributed by atoms with E-state index >= 15 is 0 Å². The molecule has 6 N–H and O–H groups in total. The molecular formula is C13H33Cl2N4O7P3. The third kappa shape index (κ3) is 32.9. The highest BCUT2D eigenvalue weighted by molar-refractivity contribution is 8.08. The quantitative estimate of drug-likeness (QED) is 0.272. The Hall–Kier alpha value is 0.0500. The topological polar surface area (TPSA) is 180 Å². The van der Waals surface area contributed by atoms with E-state index in [1.165, 1.54) is 20.0 Å². The first-order valence-electron chi connectivity index (χ1n) is 8.31. The lowest BCUT2D eigenvalue weighted by molar-refractivity contribution is -0.145. The number of nitrogens with two attached hydrogens (primary N) is 2.